The molecule has 0 bridgehead atoms. The highest BCUT2D eigenvalue weighted by Gasteiger charge is 2.36. The van der Waals surface area contributed by atoms with Gasteiger partial charge in [-0.3, -0.25) is 14.4 Å². The van der Waals surface area contributed by atoms with Crippen LogP contribution in [0.3, 0.4) is 0 Å². The lowest BCUT2D eigenvalue weighted by molar-refractivity contribution is -0.121. The Morgan fingerprint density at radius 2 is 1.94 bits per heavy atom. The Labute approximate surface area is 203 Å². The summed E-state index contributed by atoms with van der Waals surface area (Å²) in [5, 5.41) is 3.35. The van der Waals surface area contributed by atoms with Crippen molar-refractivity contribution in [1.29, 1.82) is 0 Å². The SMILES string of the molecule is COCCNC(=O)Cn1cc(/C=C2\SC(=O)N(c3ccc(C)cc3)C2=O)c2cc(Br)ccc21. The fraction of sp³-hybridized carbons (Fsp3) is 0.208. The number of benzene rings is 2. The van der Waals surface area contributed by atoms with Crippen molar-refractivity contribution in [2.75, 3.05) is 25.2 Å². The molecule has 1 aromatic heterocycles. The van der Waals surface area contributed by atoms with Gasteiger partial charge in [0.1, 0.15) is 6.54 Å². The van der Waals surface area contributed by atoms with E-state index in [1.807, 2.05) is 48.0 Å². The smallest absolute Gasteiger partial charge is 0.298 e. The normalized spacial score (nSPS) is 15.1. The second kappa shape index (κ2) is 9.94. The molecule has 0 spiro atoms. The molecule has 2 aromatic carbocycles. The molecule has 33 heavy (non-hydrogen) atoms. The Hall–Kier alpha value is -2.88. The summed E-state index contributed by atoms with van der Waals surface area (Å²) >= 11 is 4.40. The molecule has 0 atom stereocenters. The van der Waals surface area contributed by atoms with Crippen LogP contribution in [0.15, 0.2) is 58.0 Å². The number of nitrogens with one attached hydrogen (secondary N) is 1. The van der Waals surface area contributed by atoms with E-state index < -0.39 is 0 Å². The lowest BCUT2D eigenvalue weighted by Gasteiger charge is -2.12. The van der Waals surface area contributed by atoms with Gasteiger partial charge in [0.25, 0.3) is 11.1 Å². The number of ether oxygens (including phenoxy) is 1. The molecule has 1 N–H and O–H groups in total. The Morgan fingerprint density at radius 3 is 2.67 bits per heavy atom. The summed E-state index contributed by atoms with van der Waals surface area (Å²) < 4.78 is 7.68. The lowest BCUT2D eigenvalue weighted by atomic mass is 10.1. The van der Waals surface area contributed by atoms with Crippen molar-refractivity contribution in [3.05, 3.63) is 69.2 Å². The first-order valence-corrected chi connectivity index (χ1v) is 11.9. The first kappa shape index (κ1) is 23.3. The summed E-state index contributed by atoms with van der Waals surface area (Å²) in [5.41, 5.74) is 3.20. The molecule has 2 heterocycles. The van der Waals surface area contributed by atoms with Crippen LogP contribution in [0.2, 0.25) is 0 Å². The van der Waals surface area contributed by atoms with Gasteiger partial charge in [-0.25, -0.2) is 4.90 Å². The van der Waals surface area contributed by atoms with Crippen molar-refractivity contribution in [1.82, 2.24) is 9.88 Å². The number of rotatable bonds is 7. The number of anilines is 1. The quantitative estimate of drug-likeness (QED) is 0.355. The fourth-order valence-electron chi connectivity index (χ4n) is 3.57. The number of thioether (sulfide) groups is 1. The summed E-state index contributed by atoms with van der Waals surface area (Å²) in [5.74, 6) is -0.500. The Balaban J connectivity index is 1.66. The van der Waals surface area contributed by atoms with Gasteiger partial charge in [-0.05, 0) is 55.1 Å². The number of fused-ring (bicyclic) bond motifs is 1. The zero-order valence-electron chi connectivity index (χ0n) is 18.1. The second-order valence-electron chi connectivity index (χ2n) is 7.57. The molecule has 7 nitrogen and oxygen atoms in total. The predicted molar refractivity (Wildman–Crippen MR) is 134 cm³/mol. The second-order valence-corrected chi connectivity index (χ2v) is 9.48. The summed E-state index contributed by atoms with van der Waals surface area (Å²) in [6.45, 7) is 2.94. The fourth-order valence-corrected chi connectivity index (χ4v) is 4.76. The molecule has 1 fully saturated rings. The molecular formula is C24H22BrN3O4S. The highest BCUT2D eigenvalue weighted by molar-refractivity contribution is 9.10. The van der Waals surface area contributed by atoms with Crippen LogP contribution in [0.5, 0.6) is 0 Å². The van der Waals surface area contributed by atoms with Crippen molar-refractivity contribution >= 4 is 67.4 Å². The summed E-state index contributed by atoms with van der Waals surface area (Å²) in [6.07, 6.45) is 3.54. The zero-order valence-corrected chi connectivity index (χ0v) is 20.5. The zero-order chi connectivity index (χ0) is 23.5. The molecule has 0 radical (unpaired) electrons. The topological polar surface area (TPSA) is 80.6 Å². The van der Waals surface area contributed by atoms with E-state index in [0.29, 0.717) is 23.7 Å². The number of carbonyl (C=O) groups is 3. The molecule has 0 saturated carbocycles. The van der Waals surface area contributed by atoms with Gasteiger partial charge >= 0.3 is 0 Å². The van der Waals surface area contributed by atoms with Crippen LogP contribution in [0.25, 0.3) is 17.0 Å². The average molecular weight is 528 g/mol. The molecule has 1 aliphatic rings. The molecule has 1 aliphatic heterocycles. The molecule has 0 aliphatic carbocycles. The van der Waals surface area contributed by atoms with Crippen LogP contribution >= 0.6 is 27.7 Å². The number of hydrogen-bond donors (Lipinski definition) is 1. The van der Waals surface area contributed by atoms with Crippen LogP contribution in [-0.2, 0) is 20.9 Å². The van der Waals surface area contributed by atoms with E-state index >= 15 is 0 Å². The number of carbonyl (C=O) groups excluding carboxylic acids is 3. The van der Waals surface area contributed by atoms with Gasteiger partial charge in [-0.1, -0.05) is 33.6 Å². The van der Waals surface area contributed by atoms with Gasteiger partial charge in [0.05, 0.1) is 17.2 Å². The van der Waals surface area contributed by atoms with Crippen LogP contribution in [0.1, 0.15) is 11.1 Å². The van der Waals surface area contributed by atoms with Crippen LogP contribution in [-0.4, -0.2) is 41.9 Å². The van der Waals surface area contributed by atoms with Crippen molar-refractivity contribution in [3.63, 3.8) is 0 Å². The number of aromatic nitrogens is 1. The van der Waals surface area contributed by atoms with Crippen molar-refractivity contribution in [2.45, 2.75) is 13.5 Å². The number of imide groups is 1. The van der Waals surface area contributed by atoms with E-state index in [0.717, 1.165) is 38.3 Å². The number of amides is 3. The van der Waals surface area contributed by atoms with Crippen LogP contribution in [0.4, 0.5) is 10.5 Å². The summed E-state index contributed by atoms with van der Waals surface area (Å²) in [7, 11) is 1.58. The maximum absolute atomic E-state index is 13.1. The third-order valence-electron chi connectivity index (χ3n) is 5.19. The lowest BCUT2D eigenvalue weighted by Crippen LogP contribution is -2.30. The molecule has 9 heteroatoms. The van der Waals surface area contributed by atoms with E-state index in [-0.39, 0.29) is 23.6 Å². The van der Waals surface area contributed by atoms with E-state index in [9.17, 15) is 14.4 Å². The van der Waals surface area contributed by atoms with Crippen LogP contribution < -0.4 is 10.2 Å². The van der Waals surface area contributed by atoms with E-state index in [2.05, 4.69) is 21.2 Å². The van der Waals surface area contributed by atoms with E-state index in [1.165, 1.54) is 4.90 Å². The molecule has 0 unspecified atom stereocenters. The highest BCUT2D eigenvalue weighted by atomic mass is 79.9. The number of nitrogens with zero attached hydrogens (tertiary/aromatic N) is 2. The standard InChI is InChI=1S/C24H22BrN3O4S/c1-15-3-6-18(7-4-15)28-23(30)21(33-24(28)31)11-16-13-27(14-22(29)26-9-10-32-2)20-8-5-17(25)12-19(16)20/h3-8,11-13H,9-10,14H2,1-2H3,(H,26,29)/b21-11-. The molecule has 4 rings (SSSR count). The van der Waals surface area contributed by atoms with Gasteiger partial charge in [-0.2, -0.15) is 0 Å². The number of halogens is 1. The number of aryl methyl sites for hydroxylation is 1. The van der Waals surface area contributed by atoms with E-state index in [1.54, 1.807) is 25.3 Å². The number of methoxy groups -OCH3 is 1. The van der Waals surface area contributed by atoms with Gasteiger partial charge < -0.3 is 14.6 Å². The van der Waals surface area contributed by atoms with Crippen molar-refractivity contribution in [2.24, 2.45) is 0 Å². The van der Waals surface area contributed by atoms with Crippen molar-refractivity contribution < 1.29 is 19.1 Å². The molecule has 170 valence electrons. The minimum atomic E-state index is -0.359. The summed E-state index contributed by atoms with van der Waals surface area (Å²) in [6, 6.07) is 13.0. The largest absolute Gasteiger partial charge is 0.383 e. The first-order chi connectivity index (χ1) is 15.9. The third-order valence-corrected chi connectivity index (χ3v) is 6.55. The van der Waals surface area contributed by atoms with Gasteiger partial charge in [0.15, 0.2) is 0 Å². The average Bonchev–Trinajstić information content (AvgIpc) is 3.25. The maximum Gasteiger partial charge on any atom is 0.298 e. The predicted octanol–water partition coefficient (Wildman–Crippen LogP) is 4.72. The molecule has 3 aromatic rings. The Kier molecular flexibility index (Phi) is 7.02. The molecule has 3 amide bonds. The Morgan fingerprint density at radius 1 is 1.18 bits per heavy atom. The van der Waals surface area contributed by atoms with Crippen molar-refractivity contribution in [3.8, 4) is 0 Å². The molecule has 1 saturated heterocycles. The van der Waals surface area contributed by atoms with Crippen LogP contribution in [0, 0.1) is 6.92 Å². The van der Waals surface area contributed by atoms with E-state index in [4.69, 9.17) is 4.74 Å². The number of hydrogen-bond acceptors (Lipinski definition) is 5. The minimum absolute atomic E-state index is 0.126. The maximum atomic E-state index is 13.1. The summed E-state index contributed by atoms with van der Waals surface area (Å²) in [4.78, 5) is 39.6. The monoisotopic (exact) mass is 527 g/mol. The molecular weight excluding hydrogens is 506 g/mol. The van der Waals surface area contributed by atoms with Gasteiger partial charge in [0.2, 0.25) is 5.91 Å². The first-order valence-electron chi connectivity index (χ1n) is 10.3. The Bertz CT molecular complexity index is 1270. The van der Waals surface area contributed by atoms with Gasteiger partial charge in [-0.15, -0.1) is 0 Å². The highest BCUT2D eigenvalue weighted by Crippen LogP contribution is 2.37. The van der Waals surface area contributed by atoms with Gasteiger partial charge in [0, 0.05) is 40.8 Å². The third kappa shape index (κ3) is 5.05. The minimum Gasteiger partial charge on any atom is -0.383 e.